The lowest BCUT2D eigenvalue weighted by Crippen LogP contribution is -2.34. The summed E-state index contributed by atoms with van der Waals surface area (Å²) in [5.74, 6) is -0.410. The highest BCUT2D eigenvalue weighted by Gasteiger charge is 2.22. The average molecular weight is 552 g/mol. The molecule has 0 amide bonds. The number of pyridine rings is 1. The molecule has 0 unspecified atom stereocenters. The summed E-state index contributed by atoms with van der Waals surface area (Å²) in [7, 11) is 0. The van der Waals surface area contributed by atoms with Crippen molar-refractivity contribution in [2.24, 2.45) is 0 Å². The first kappa shape index (κ1) is 26.4. The number of nitrogens with one attached hydrogen (secondary N) is 1. The topological polar surface area (TPSA) is 82.7 Å². The highest BCUT2D eigenvalue weighted by Crippen LogP contribution is 2.35. The van der Waals surface area contributed by atoms with E-state index < -0.39 is 5.82 Å². The molecule has 7 nitrogen and oxygen atoms in total. The van der Waals surface area contributed by atoms with Crippen molar-refractivity contribution in [3.05, 3.63) is 75.4 Å². The van der Waals surface area contributed by atoms with Gasteiger partial charge in [-0.2, -0.15) is 5.26 Å². The molecular weight excluding hydrogens is 524 g/mol. The van der Waals surface area contributed by atoms with Gasteiger partial charge in [-0.05, 0) is 61.7 Å². The van der Waals surface area contributed by atoms with Crippen molar-refractivity contribution in [3.63, 3.8) is 0 Å². The van der Waals surface area contributed by atoms with Crippen LogP contribution in [0.2, 0.25) is 10.0 Å². The minimum atomic E-state index is -0.514. The van der Waals surface area contributed by atoms with Crippen LogP contribution in [0.3, 0.4) is 0 Å². The lowest BCUT2D eigenvalue weighted by Gasteiger charge is -2.30. The summed E-state index contributed by atoms with van der Waals surface area (Å²) in [6.07, 6.45) is 6.39. The number of nitriles is 1. The Morgan fingerprint density at radius 2 is 1.97 bits per heavy atom. The van der Waals surface area contributed by atoms with Gasteiger partial charge in [-0.3, -0.25) is 4.98 Å². The van der Waals surface area contributed by atoms with Gasteiger partial charge in [-0.25, -0.2) is 9.07 Å². The van der Waals surface area contributed by atoms with Crippen molar-refractivity contribution < 1.29 is 4.39 Å². The van der Waals surface area contributed by atoms with E-state index in [4.69, 9.17) is 23.2 Å². The van der Waals surface area contributed by atoms with Crippen molar-refractivity contribution in [1.82, 2.24) is 24.9 Å². The van der Waals surface area contributed by atoms with Crippen molar-refractivity contribution in [2.45, 2.75) is 45.1 Å². The van der Waals surface area contributed by atoms with Gasteiger partial charge in [-0.15, -0.1) is 5.10 Å². The van der Waals surface area contributed by atoms with E-state index in [1.807, 2.05) is 16.8 Å². The predicted octanol–water partition coefficient (Wildman–Crippen LogP) is 6.89. The number of hydrogen-bond acceptors (Lipinski definition) is 6. The van der Waals surface area contributed by atoms with Gasteiger partial charge in [0, 0.05) is 42.5 Å². The molecule has 38 heavy (non-hydrogen) atoms. The van der Waals surface area contributed by atoms with Crippen molar-refractivity contribution in [3.8, 4) is 6.07 Å². The number of halogens is 3. The molecule has 3 heterocycles. The molecule has 2 aromatic carbocycles. The molecule has 2 aromatic heterocycles. The summed E-state index contributed by atoms with van der Waals surface area (Å²) in [5.41, 5.74) is 3.93. The van der Waals surface area contributed by atoms with E-state index in [-0.39, 0.29) is 10.9 Å². The Hall–Kier alpha value is -3.25. The third kappa shape index (κ3) is 5.46. The number of fused-ring (bicyclic) bond motifs is 1. The highest BCUT2D eigenvalue weighted by molar-refractivity contribution is 6.35. The fourth-order valence-electron chi connectivity index (χ4n) is 5.02. The Morgan fingerprint density at radius 3 is 2.68 bits per heavy atom. The summed E-state index contributed by atoms with van der Waals surface area (Å²) in [4.78, 5) is 6.88. The van der Waals surface area contributed by atoms with Crippen LogP contribution in [0, 0.1) is 17.1 Å². The van der Waals surface area contributed by atoms with E-state index in [0.29, 0.717) is 45.3 Å². The van der Waals surface area contributed by atoms with Crippen LogP contribution in [-0.4, -0.2) is 44.5 Å². The number of rotatable bonds is 7. The fraction of sp³-hybridized carbons (Fsp3) is 0.357. The number of anilines is 2. The number of likely N-dealkylation sites (tertiary alicyclic amines) is 1. The maximum atomic E-state index is 13.7. The molecule has 0 aliphatic carbocycles. The van der Waals surface area contributed by atoms with Crippen LogP contribution in [0.1, 0.15) is 55.5 Å². The number of nitrogens with zero attached hydrogens (tertiary/aromatic N) is 6. The number of benzene rings is 2. The monoisotopic (exact) mass is 551 g/mol. The first-order chi connectivity index (χ1) is 18.4. The van der Waals surface area contributed by atoms with Gasteiger partial charge in [-0.1, -0.05) is 42.3 Å². The largest absolute Gasteiger partial charge is 0.354 e. The maximum absolute atomic E-state index is 13.7. The number of hydrogen-bond donors (Lipinski definition) is 1. The first-order valence-corrected chi connectivity index (χ1v) is 13.5. The Kier molecular flexibility index (Phi) is 7.80. The quantitative estimate of drug-likeness (QED) is 0.269. The van der Waals surface area contributed by atoms with Crippen LogP contribution in [0.15, 0.2) is 42.7 Å². The van der Waals surface area contributed by atoms with E-state index in [1.54, 1.807) is 6.07 Å². The van der Waals surface area contributed by atoms with Crippen molar-refractivity contribution in [2.75, 3.05) is 25.0 Å². The van der Waals surface area contributed by atoms with Crippen LogP contribution >= 0.6 is 23.2 Å². The minimum Gasteiger partial charge on any atom is -0.354 e. The van der Waals surface area contributed by atoms with Crippen LogP contribution in [-0.2, 0) is 6.42 Å². The van der Waals surface area contributed by atoms with Crippen molar-refractivity contribution >= 4 is 45.5 Å². The van der Waals surface area contributed by atoms with Crippen LogP contribution in [0.25, 0.3) is 10.9 Å². The van der Waals surface area contributed by atoms with Crippen molar-refractivity contribution in [1.29, 1.82) is 5.26 Å². The van der Waals surface area contributed by atoms with Gasteiger partial charge < -0.3 is 10.2 Å². The molecule has 1 aliphatic heterocycles. The van der Waals surface area contributed by atoms with E-state index in [1.165, 1.54) is 18.3 Å². The second-order valence-corrected chi connectivity index (χ2v) is 10.6. The molecule has 0 bridgehead atoms. The van der Waals surface area contributed by atoms with E-state index in [2.05, 4.69) is 51.6 Å². The second kappa shape index (κ2) is 11.2. The van der Waals surface area contributed by atoms with E-state index in [0.717, 1.165) is 43.7 Å². The molecule has 10 heteroatoms. The molecule has 1 atom stereocenters. The van der Waals surface area contributed by atoms with Gasteiger partial charge in [0.2, 0.25) is 0 Å². The molecule has 1 N–H and O–H groups in total. The summed E-state index contributed by atoms with van der Waals surface area (Å²) in [6.45, 7) is 7.57. The summed E-state index contributed by atoms with van der Waals surface area (Å²) < 4.78 is 15.7. The lowest BCUT2D eigenvalue weighted by atomic mass is 9.96. The van der Waals surface area contributed by atoms with Crippen LogP contribution in [0.5, 0.6) is 0 Å². The Morgan fingerprint density at radius 1 is 1.18 bits per heavy atom. The average Bonchev–Trinajstić information content (AvgIpc) is 3.42. The minimum absolute atomic E-state index is 0.0108. The molecule has 1 saturated heterocycles. The lowest BCUT2D eigenvalue weighted by molar-refractivity contribution is 0.186. The Bertz CT molecular complexity index is 1510. The van der Waals surface area contributed by atoms with E-state index in [9.17, 15) is 9.65 Å². The Labute approximate surface area is 231 Å². The molecule has 0 saturated carbocycles. The van der Waals surface area contributed by atoms with Gasteiger partial charge in [0.25, 0.3) is 0 Å². The molecule has 1 fully saturated rings. The standard InChI is InChI=1S/C28H28Cl2FN7/c1-3-37-8-6-21(7-9-37)38-16-26(35-36-38)17(2)10-18-11-22-27(34-20-4-5-25(31)23(29)13-20)19(14-32)15-33-28(22)24(30)12-18/h4-5,11-13,15-17,21H,3,6-10H2,1-2H3,(H,33,34)/t17-/m1/s1. The molecule has 0 spiro atoms. The normalized spacial score (nSPS) is 15.5. The number of piperidine rings is 1. The molecule has 4 aromatic rings. The number of aromatic nitrogens is 4. The molecule has 196 valence electrons. The van der Waals surface area contributed by atoms with Gasteiger partial charge >= 0.3 is 0 Å². The third-order valence-corrected chi connectivity index (χ3v) is 7.83. The zero-order valence-electron chi connectivity index (χ0n) is 21.3. The smallest absolute Gasteiger partial charge is 0.141 e. The van der Waals surface area contributed by atoms with E-state index >= 15 is 0 Å². The maximum Gasteiger partial charge on any atom is 0.141 e. The summed E-state index contributed by atoms with van der Waals surface area (Å²) in [5, 5.41) is 23.1. The first-order valence-electron chi connectivity index (χ1n) is 12.7. The zero-order chi connectivity index (χ0) is 26.8. The second-order valence-electron chi connectivity index (χ2n) is 9.78. The SMILES string of the molecule is CCN1CCC(n2cc([C@H](C)Cc3cc(Cl)c4ncc(C#N)c(Nc5ccc(F)c(Cl)c5)c4c3)nn2)CC1. The van der Waals surface area contributed by atoms with Gasteiger partial charge in [0.05, 0.1) is 38.5 Å². The summed E-state index contributed by atoms with van der Waals surface area (Å²) in [6, 6.07) is 10.8. The molecule has 1 aliphatic rings. The van der Waals surface area contributed by atoms with Crippen LogP contribution < -0.4 is 5.32 Å². The molecule has 0 radical (unpaired) electrons. The fourth-order valence-corrected chi connectivity index (χ4v) is 5.50. The highest BCUT2D eigenvalue weighted by atomic mass is 35.5. The summed E-state index contributed by atoms with van der Waals surface area (Å²) >= 11 is 12.6. The zero-order valence-corrected chi connectivity index (χ0v) is 22.8. The third-order valence-electron chi connectivity index (χ3n) is 7.25. The van der Waals surface area contributed by atoms with Crippen LogP contribution in [0.4, 0.5) is 15.8 Å². The molecular formula is C28H28Cl2FN7. The molecule has 5 rings (SSSR count). The van der Waals surface area contributed by atoms with Gasteiger partial charge in [0.1, 0.15) is 11.9 Å². The predicted molar refractivity (Wildman–Crippen MR) is 149 cm³/mol. The van der Waals surface area contributed by atoms with Gasteiger partial charge in [0.15, 0.2) is 0 Å². The Balaban J connectivity index is 1.41.